The number of amides is 1. The SMILES string of the molecule is CCNC(=NCc1ccccc1CN1CCCC1=O)NCc1ccccn1. The quantitative estimate of drug-likeness (QED) is 0.584. The molecule has 1 fully saturated rings. The Hall–Kier alpha value is -2.89. The van der Waals surface area contributed by atoms with E-state index in [1.54, 1.807) is 6.20 Å². The van der Waals surface area contributed by atoms with Gasteiger partial charge in [0.25, 0.3) is 0 Å². The third kappa shape index (κ3) is 5.54. The summed E-state index contributed by atoms with van der Waals surface area (Å²) in [4.78, 5) is 22.9. The third-order valence-corrected chi connectivity index (χ3v) is 4.57. The first-order valence-corrected chi connectivity index (χ1v) is 9.53. The van der Waals surface area contributed by atoms with Crippen molar-refractivity contribution in [3.8, 4) is 0 Å². The molecule has 0 bridgehead atoms. The van der Waals surface area contributed by atoms with Crippen LogP contribution in [0.15, 0.2) is 53.7 Å². The van der Waals surface area contributed by atoms with Gasteiger partial charge in [-0.05, 0) is 36.6 Å². The van der Waals surface area contributed by atoms with E-state index in [1.165, 1.54) is 0 Å². The fraction of sp³-hybridized carbons (Fsp3) is 0.381. The lowest BCUT2D eigenvalue weighted by Gasteiger charge is -2.18. The number of guanidine groups is 1. The van der Waals surface area contributed by atoms with Crippen LogP contribution in [-0.2, 0) is 24.4 Å². The smallest absolute Gasteiger partial charge is 0.222 e. The number of rotatable bonds is 7. The van der Waals surface area contributed by atoms with Gasteiger partial charge in [0.05, 0.1) is 18.8 Å². The first-order chi connectivity index (χ1) is 13.3. The molecule has 0 spiro atoms. The molecule has 0 unspecified atom stereocenters. The van der Waals surface area contributed by atoms with Crippen molar-refractivity contribution in [1.82, 2.24) is 20.5 Å². The lowest BCUT2D eigenvalue weighted by molar-refractivity contribution is -0.128. The maximum absolute atomic E-state index is 11.9. The molecule has 1 aliphatic heterocycles. The minimum absolute atomic E-state index is 0.249. The van der Waals surface area contributed by atoms with Gasteiger partial charge in [-0.1, -0.05) is 30.3 Å². The van der Waals surface area contributed by atoms with Crippen molar-refractivity contribution in [2.75, 3.05) is 13.1 Å². The minimum Gasteiger partial charge on any atom is -0.357 e. The van der Waals surface area contributed by atoms with E-state index in [2.05, 4.69) is 27.8 Å². The average Bonchev–Trinajstić information content (AvgIpc) is 3.10. The fourth-order valence-electron chi connectivity index (χ4n) is 3.13. The topological polar surface area (TPSA) is 69.6 Å². The molecule has 6 heteroatoms. The van der Waals surface area contributed by atoms with Gasteiger partial charge >= 0.3 is 0 Å². The Labute approximate surface area is 160 Å². The van der Waals surface area contributed by atoms with Crippen molar-refractivity contribution in [3.63, 3.8) is 0 Å². The number of carbonyl (C=O) groups excluding carboxylic acids is 1. The Balaban J connectivity index is 1.65. The van der Waals surface area contributed by atoms with Gasteiger partial charge in [-0.25, -0.2) is 4.99 Å². The Kier molecular flexibility index (Phi) is 6.79. The van der Waals surface area contributed by atoms with Crippen molar-refractivity contribution < 1.29 is 4.79 Å². The number of nitrogens with zero attached hydrogens (tertiary/aromatic N) is 3. The molecule has 1 aromatic carbocycles. The number of benzene rings is 1. The minimum atomic E-state index is 0.249. The number of aromatic nitrogens is 1. The summed E-state index contributed by atoms with van der Waals surface area (Å²) >= 11 is 0. The molecule has 0 saturated carbocycles. The summed E-state index contributed by atoms with van der Waals surface area (Å²) in [6, 6.07) is 14.1. The maximum Gasteiger partial charge on any atom is 0.222 e. The highest BCUT2D eigenvalue weighted by Crippen LogP contribution is 2.17. The van der Waals surface area contributed by atoms with Crippen LogP contribution in [0.25, 0.3) is 0 Å². The molecule has 2 N–H and O–H groups in total. The highest BCUT2D eigenvalue weighted by Gasteiger charge is 2.20. The monoisotopic (exact) mass is 365 g/mol. The van der Waals surface area contributed by atoms with Gasteiger partial charge in [0.15, 0.2) is 5.96 Å². The van der Waals surface area contributed by atoms with Crippen LogP contribution in [0, 0.1) is 0 Å². The maximum atomic E-state index is 11.9. The van der Waals surface area contributed by atoms with Gasteiger partial charge in [-0.2, -0.15) is 0 Å². The second-order valence-electron chi connectivity index (χ2n) is 6.56. The molecule has 1 aromatic heterocycles. The normalized spacial score (nSPS) is 14.5. The number of likely N-dealkylation sites (tertiary alicyclic amines) is 1. The van der Waals surface area contributed by atoms with Crippen molar-refractivity contribution in [2.45, 2.75) is 39.4 Å². The Morgan fingerprint density at radius 2 is 1.96 bits per heavy atom. The molecule has 0 radical (unpaired) electrons. The van der Waals surface area contributed by atoms with E-state index in [0.29, 0.717) is 26.1 Å². The zero-order valence-corrected chi connectivity index (χ0v) is 15.8. The molecule has 6 nitrogen and oxygen atoms in total. The van der Waals surface area contributed by atoms with Gasteiger partial charge in [0.2, 0.25) is 5.91 Å². The van der Waals surface area contributed by atoms with Gasteiger partial charge in [0, 0.05) is 32.3 Å². The Bertz CT molecular complexity index is 775. The predicted octanol–water partition coefficient (Wildman–Crippen LogP) is 2.46. The van der Waals surface area contributed by atoms with Crippen molar-refractivity contribution in [1.29, 1.82) is 0 Å². The third-order valence-electron chi connectivity index (χ3n) is 4.57. The van der Waals surface area contributed by atoms with Crippen LogP contribution in [0.4, 0.5) is 0 Å². The number of hydrogen-bond acceptors (Lipinski definition) is 3. The average molecular weight is 365 g/mol. The van der Waals surface area contributed by atoms with E-state index >= 15 is 0 Å². The summed E-state index contributed by atoms with van der Waals surface area (Å²) in [7, 11) is 0. The molecule has 1 aliphatic rings. The van der Waals surface area contributed by atoms with E-state index in [1.807, 2.05) is 42.2 Å². The molecule has 0 aliphatic carbocycles. The van der Waals surface area contributed by atoms with Gasteiger partial charge in [-0.15, -0.1) is 0 Å². The van der Waals surface area contributed by atoms with Crippen LogP contribution in [0.3, 0.4) is 0 Å². The number of aliphatic imine (C=N–C) groups is 1. The van der Waals surface area contributed by atoms with Gasteiger partial charge in [0.1, 0.15) is 0 Å². The van der Waals surface area contributed by atoms with Gasteiger partial charge in [-0.3, -0.25) is 9.78 Å². The number of hydrogen-bond donors (Lipinski definition) is 2. The second-order valence-corrected chi connectivity index (χ2v) is 6.56. The molecule has 0 atom stereocenters. The standard InChI is InChI=1S/C21H27N5O/c1-2-22-21(25-15-19-10-5-6-12-23-19)24-14-17-8-3-4-9-18(17)16-26-13-7-11-20(26)27/h3-6,8-10,12H,2,7,11,13-16H2,1H3,(H2,22,24,25). The largest absolute Gasteiger partial charge is 0.357 e. The van der Waals surface area contributed by atoms with Crippen molar-refractivity contribution in [3.05, 3.63) is 65.5 Å². The summed E-state index contributed by atoms with van der Waals surface area (Å²) < 4.78 is 0. The first kappa shape index (κ1) is 18.9. The van der Waals surface area contributed by atoms with E-state index in [-0.39, 0.29) is 5.91 Å². The number of nitrogens with one attached hydrogen (secondary N) is 2. The lowest BCUT2D eigenvalue weighted by atomic mass is 10.1. The molecule has 3 rings (SSSR count). The summed E-state index contributed by atoms with van der Waals surface area (Å²) in [6.07, 6.45) is 3.42. The fourth-order valence-corrected chi connectivity index (χ4v) is 3.13. The van der Waals surface area contributed by atoms with Crippen molar-refractivity contribution >= 4 is 11.9 Å². The highest BCUT2D eigenvalue weighted by atomic mass is 16.2. The summed E-state index contributed by atoms with van der Waals surface area (Å²) in [5.74, 6) is 1.01. The van der Waals surface area contributed by atoms with E-state index in [0.717, 1.165) is 42.3 Å². The van der Waals surface area contributed by atoms with Crippen LogP contribution < -0.4 is 10.6 Å². The zero-order chi connectivity index (χ0) is 18.9. The van der Waals surface area contributed by atoms with Crippen LogP contribution in [-0.4, -0.2) is 34.8 Å². The zero-order valence-electron chi connectivity index (χ0n) is 15.8. The molecule has 142 valence electrons. The van der Waals surface area contributed by atoms with Crippen molar-refractivity contribution in [2.24, 2.45) is 4.99 Å². The van der Waals surface area contributed by atoms with Crippen LogP contribution >= 0.6 is 0 Å². The summed E-state index contributed by atoms with van der Waals surface area (Å²) in [6.45, 7) is 5.54. The molecule has 1 amide bonds. The Morgan fingerprint density at radius 1 is 1.15 bits per heavy atom. The summed E-state index contributed by atoms with van der Waals surface area (Å²) in [5.41, 5.74) is 3.28. The van der Waals surface area contributed by atoms with E-state index in [9.17, 15) is 4.79 Å². The van der Waals surface area contributed by atoms with Crippen LogP contribution in [0.2, 0.25) is 0 Å². The predicted molar refractivity (Wildman–Crippen MR) is 107 cm³/mol. The van der Waals surface area contributed by atoms with Gasteiger partial charge < -0.3 is 15.5 Å². The molecule has 2 aromatic rings. The second kappa shape index (κ2) is 9.71. The molecular formula is C21H27N5O. The molecule has 1 saturated heterocycles. The molecule has 2 heterocycles. The number of carbonyl (C=O) groups is 1. The highest BCUT2D eigenvalue weighted by molar-refractivity contribution is 5.79. The number of pyridine rings is 1. The van der Waals surface area contributed by atoms with Crippen LogP contribution in [0.1, 0.15) is 36.6 Å². The van der Waals surface area contributed by atoms with E-state index < -0.39 is 0 Å². The van der Waals surface area contributed by atoms with E-state index in [4.69, 9.17) is 4.99 Å². The lowest BCUT2D eigenvalue weighted by Crippen LogP contribution is -2.37. The summed E-state index contributed by atoms with van der Waals surface area (Å²) in [5, 5.41) is 6.59. The Morgan fingerprint density at radius 3 is 2.67 bits per heavy atom. The molecule has 27 heavy (non-hydrogen) atoms. The first-order valence-electron chi connectivity index (χ1n) is 9.53. The van der Waals surface area contributed by atoms with Crippen LogP contribution in [0.5, 0.6) is 0 Å². The molecular weight excluding hydrogens is 338 g/mol.